The minimum atomic E-state index is -0.646. The number of aliphatic hydroxyl groups is 1. The van der Waals surface area contributed by atoms with Crippen molar-refractivity contribution in [3.8, 4) is 0 Å². The van der Waals surface area contributed by atoms with E-state index in [-0.39, 0.29) is 19.2 Å². The van der Waals surface area contributed by atoms with Crippen molar-refractivity contribution in [1.82, 2.24) is 10.8 Å². The Kier molecular flexibility index (Phi) is 8.68. The summed E-state index contributed by atoms with van der Waals surface area (Å²) in [4.78, 5) is 21.4. The van der Waals surface area contributed by atoms with Crippen molar-refractivity contribution in [2.24, 2.45) is 4.99 Å². The van der Waals surface area contributed by atoms with E-state index in [1.807, 2.05) is 60.7 Å². The molecule has 0 aliphatic rings. The number of ether oxygens (including phenoxy) is 1. The molecule has 0 atom stereocenters. The van der Waals surface area contributed by atoms with Gasteiger partial charge in [-0.2, -0.15) is 0 Å². The minimum Gasteiger partial charge on any atom is -0.444 e. The van der Waals surface area contributed by atoms with Gasteiger partial charge in [-0.1, -0.05) is 60.7 Å². The first kappa shape index (κ1) is 19.4. The Hall–Kier alpha value is -2.90. The Morgan fingerprint density at radius 1 is 0.962 bits per heavy atom. The zero-order valence-corrected chi connectivity index (χ0v) is 14.4. The van der Waals surface area contributed by atoms with Crippen molar-refractivity contribution in [2.75, 3.05) is 13.2 Å². The van der Waals surface area contributed by atoms with Crippen molar-refractivity contribution < 1.29 is 19.5 Å². The lowest BCUT2D eigenvalue weighted by Crippen LogP contribution is -2.41. The summed E-state index contributed by atoms with van der Waals surface area (Å²) in [6, 6.07) is 19.0. The number of hydrogen-bond donors (Lipinski definition) is 3. The summed E-state index contributed by atoms with van der Waals surface area (Å²) in [5.41, 5.74) is 4.47. The highest BCUT2D eigenvalue weighted by atomic mass is 16.6. The predicted molar refractivity (Wildman–Crippen MR) is 98.1 cm³/mol. The van der Waals surface area contributed by atoms with Crippen LogP contribution in [0.1, 0.15) is 17.5 Å². The van der Waals surface area contributed by atoms with Crippen LogP contribution < -0.4 is 10.8 Å². The molecule has 0 aliphatic heterocycles. The first-order chi connectivity index (χ1) is 12.8. The Morgan fingerprint density at radius 3 is 2.19 bits per heavy atom. The van der Waals surface area contributed by atoms with Crippen LogP contribution >= 0.6 is 0 Å². The van der Waals surface area contributed by atoms with Crippen LogP contribution in [0.15, 0.2) is 65.7 Å². The average Bonchev–Trinajstić information content (AvgIpc) is 2.68. The predicted octanol–water partition coefficient (Wildman–Crippen LogP) is 2.37. The number of hydroxylamine groups is 1. The van der Waals surface area contributed by atoms with E-state index in [0.29, 0.717) is 19.6 Å². The van der Waals surface area contributed by atoms with E-state index in [1.165, 1.54) is 0 Å². The summed E-state index contributed by atoms with van der Waals surface area (Å²) >= 11 is 0. The lowest BCUT2D eigenvalue weighted by molar-refractivity contribution is 0.0676. The summed E-state index contributed by atoms with van der Waals surface area (Å²) in [6.07, 6.45) is -0.169. The van der Waals surface area contributed by atoms with Crippen LogP contribution in [-0.4, -0.2) is 30.3 Å². The third kappa shape index (κ3) is 7.78. The maximum absolute atomic E-state index is 11.9. The number of aliphatic imine (C=N–C) groups is 1. The molecule has 0 heterocycles. The average molecular weight is 357 g/mol. The summed E-state index contributed by atoms with van der Waals surface area (Å²) in [5.74, 6) is 0.132. The van der Waals surface area contributed by atoms with Gasteiger partial charge in [-0.3, -0.25) is 15.1 Å². The molecule has 7 heteroatoms. The molecule has 0 radical (unpaired) electrons. The van der Waals surface area contributed by atoms with Crippen molar-refractivity contribution in [3.05, 3.63) is 71.8 Å². The van der Waals surface area contributed by atoms with Crippen LogP contribution in [-0.2, 0) is 22.8 Å². The molecular weight excluding hydrogens is 334 g/mol. The lowest BCUT2D eigenvalue weighted by atomic mass is 10.2. The molecule has 0 unspecified atom stereocenters. The monoisotopic (exact) mass is 357 g/mol. The van der Waals surface area contributed by atoms with Gasteiger partial charge in [-0.25, -0.2) is 10.3 Å². The van der Waals surface area contributed by atoms with Gasteiger partial charge in [-0.05, 0) is 17.5 Å². The first-order valence-corrected chi connectivity index (χ1v) is 8.32. The van der Waals surface area contributed by atoms with Gasteiger partial charge in [0.25, 0.3) is 0 Å². The minimum absolute atomic E-state index is 0.0140. The fourth-order valence-corrected chi connectivity index (χ4v) is 1.98. The van der Waals surface area contributed by atoms with Crippen molar-refractivity contribution >= 4 is 12.1 Å². The van der Waals surface area contributed by atoms with Crippen LogP contribution in [0.2, 0.25) is 0 Å². The topological polar surface area (TPSA) is 92.2 Å². The summed E-state index contributed by atoms with van der Waals surface area (Å²) in [5, 5.41) is 11.4. The Morgan fingerprint density at radius 2 is 1.58 bits per heavy atom. The van der Waals surface area contributed by atoms with Gasteiger partial charge >= 0.3 is 6.09 Å². The van der Waals surface area contributed by atoms with Gasteiger partial charge in [0.15, 0.2) is 0 Å². The second-order valence-corrected chi connectivity index (χ2v) is 5.37. The van der Waals surface area contributed by atoms with Gasteiger partial charge < -0.3 is 9.84 Å². The number of amides is 1. The van der Waals surface area contributed by atoms with Gasteiger partial charge in [0.05, 0.1) is 6.61 Å². The Bertz CT molecular complexity index is 678. The second-order valence-electron chi connectivity index (χ2n) is 5.37. The summed E-state index contributed by atoms with van der Waals surface area (Å²) in [6.45, 7) is 0.814. The molecule has 7 nitrogen and oxygen atoms in total. The molecule has 0 aliphatic carbocycles. The van der Waals surface area contributed by atoms with E-state index in [4.69, 9.17) is 14.7 Å². The standard InChI is InChI=1S/C19H23N3O4/c23-13-7-12-20-18(22-26-15-17-10-5-2-6-11-17)21-19(24)25-14-16-8-3-1-4-9-16/h1-6,8-11,23H,7,12-15H2,(H2,20,21,22,24). The highest BCUT2D eigenvalue weighted by molar-refractivity contribution is 5.93. The molecular formula is C19H23N3O4. The van der Waals surface area contributed by atoms with E-state index in [1.54, 1.807) is 0 Å². The molecule has 0 saturated heterocycles. The van der Waals surface area contributed by atoms with E-state index < -0.39 is 6.09 Å². The second kappa shape index (κ2) is 11.6. The molecule has 0 aromatic heterocycles. The highest BCUT2D eigenvalue weighted by Gasteiger charge is 2.08. The first-order valence-electron chi connectivity index (χ1n) is 8.32. The molecule has 0 bridgehead atoms. The number of nitrogens with zero attached hydrogens (tertiary/aromatic N) is 1. The SMILES string of the molecule is O=C(NC(=NCCCO)NOCc1ccccc1)OCc1ccccc1. The van der Waals surface area contributed by atoms with Crippen LogP contribution in [0.3, 0.4) is 0 Å². The van der Waals surface area contributed by atoms with E-state index in [2.05, 4.69) is 15.8 Å². The van der Waals surface area contributed by atoms with Gasteiger partial charge in [0.2, 0.25) is 5.96 Å². The highest BCUT2D eigenvalue weighted by Crippen LogP contribution is 2.01. The molecule has 2 aromatic rings. The smallest absolute Gasteiger partial charge is 0.414 e. The molecule has 0 saturated carbocycles. The van der Waals surface area contributed by atoms with Gasteiger partial charge in [-0.15, -0.1) is 0 Å². The van der Waals surface area contributed by atoms with Crippen molar-refractivity contribution in [2.45, 2.75) is 19.6 Å². The van der Waals surface area contributed by atoms with Crippen LogP contribution in [0.25, 0.3) is 0 Å². The number of rotatable bonds is 8. The summed E-state index contributed by atoms with van der Waals surface area (Å²) in [7, 11) is 0. The normalized spacial score (nSPS) is 11.0. The van der Waals surface area contributed by atoms with Crippen LogP contribution in [0.4, 0.5) is 4.79 Å². The van der Waals surface area contributed by atoms with Crippen LogP contribution in [0, 0.1) is 0 Å². The molecule has 3 N–H and O–H groups in total. The number of guanidine groups is 1. The number of benzene rings is 2. The molecule has 1 amide bonds. The van der Waals surface area contributed by atoms with Crippen molar-refractivity contribution in [3.63, 3.8) is 0 Å². The summed E-state index contributed by atoms with van der Waals surface area (Å²) < 4.78 is 5.15. The molecule has 0 fully saturated rings. The number of carbonyl (C=O) groups is 1. The van der Waals surface area contributed by atoms with Crippen LogP contribution in [0.5, 0.6) is 0 Å². The molecule has 2 aromatic carbocycles. The number of carbonyl (C=O) groups excluding carboxylic acids is 1. The third-order valence-corrected chi connectivity index (χ3v) is 3.27. The van der Waals surface area contributed by atoms with Gasteiger partial charge in [0.1, 0.15) is 6.61 Å². The maximum Gasteiger partial charge on any atom is 0.414 e. The fraction of sp³-hybridized carbons (Fsp3) is 0.263. The number of hydrogen-bond acceptors (Lipinski definition) is 5. The Labute approximate surface area is 152 Å². The van der Waals surface area contributed by atoms with E-state index >= 15 is 0 Å². The maximum atomic E-state index is 11.9. The number of aliphatic hydroxyl groups excluding tert-OH is 1. The molecule has 0 spiro atoms. The van der Waals surface area contributed by atoms with Gasteiger partial charge in [0, 0.05) is 13.2 Å². The zero-order valence-electron chi connectivity index (χ0n) is 14.4. The van der Waals surface area contributed by atoms with E-state index in [0.717, 1.165) is 11.1 Å². The largest absolute Gasteiger partial charge is 0.444 e. The van der Waals surface area contributed by atoms with E-state index in [9.17, 15) is 4.79 Å². The zero-order chi connectivity index (χ0) is 18.5. The third-order valence-electron chi connectivity index (χ3n) is 3.27. The lowest BCUT2D eigenvalue weighted by Gasteiger charge is -2.12. The number of nitrogens with one attached hydrogen (secondary N) is 2. The Balaban J connectivity index is 1.81. The molecule has 2 rings (SSSR count). The molecule has 26 heavy (non-hydrogen) atoms. The fourth-order valence-electron chi connectivity index (χ4n) is 1.98. The van der Waals surface area contributed by atoms with Crippen molar-refractivity contribution in [1.29, 1.82) is 0 Å². The molecule has 138 valence electrons. The quantitative estimate of drug-likeness (QED) is 0.292. The number of alkyl carbamates (subject to hydrolysis) is 1.